The number of thiophene rings is 1. The number of fused-ring (bicyclic) bond motifs is 3. The summed E-state index contributed by atoms with van der Waals surface area (Å²) in [7, 11) is 0. The number of H-pyrrole nitrogens is 1. The van der Waals surface area contributed by atoms with Gasteiger partial charge in [-0.2, -0.15) is 0 Å². The van der Waals surface area contributed by atoms with Gasteiger partial charge in [-0.05, 0) is 24.8 Å². The van der Waals surface area contributed by atoms with Crippen LogP contribution in [0.5, 0.6) is 0 Å². The lowest BCUT2D eigenvalue weighted by Crippen LogP contribution is -2.33. The zero-order chi connectivity index (χ0) is 17.1. The van der Waals surface area contributed by atoms with E-state index < -0.39 is 0 Å². The van der Waals surface area contributed by atoms with Crippen LogP contribution in [-0.2, 0) is 28.9 Å². The third kappa shape index (κ3) is 3.64. The second-order valence-electron chi connectivity index (χ2n) is 5.88. The van der Waals surface area contributed by atoms with Gasteiger partial charge >= 0.3 is 0 Å². The quantitative estimate of drug-likeness (QED) is 0.667. The van der Waals surface area contributed by atoms with Crippen LogP contribution in [0.3, 0.4) is 0 Å². The van der Waals surface area contributed by atoms with Crippen LogP contribution in [0.2, 0.25) is 0 Å². The van der Waals surface area contributed by atoms with Crippen LogP contribution in [0.25, 0.3) is 10.2 Å². The van der Waals surface area contributed by atoms with Gasteiger partial charge in [0.05, 0.1) is 5.39 Å². The Morgan fingerprint density at radius 3 is 2.83 bits per heavy atom. The number of carbonyl (C=O) groups excluding carboxylic acids is 2. The highest BCUT2D eigenvalue weighted by molar-refractivity contribution is 7.18. The first-order chi connectivity index (χ1) is 11.5. The van der Waals surface area contributed by atoms with Crippen LogP contribution < -0.4 is 16.2 Å². The number of hydrogen-bond donors (Lipinski definition) is 3. The molecule has 0 aliphatic heterocycles. The molecule has 1 aliphatic carbocycles. The third-order valence-electron chi connectivity index (χ3n) is 4.03. The van der Waals surface area contributed by atoms with Crippen molar-refractivity contribution in [2.45, 2.75) is 39.0 Å². The lowest BCUT2D eigenvalue weighted by molar-refractivity contribution is -0.122. The molecule has 0 unspecified atom stereocenters. The molecule has 2 amide bonds. The number of aromatic amines is 1. The molecular weight excluding hydrogens is 328 g/mol. The van der Waals surface area contributed by atoms with Crippen molar-refractivity contribution in [2.75, 3.05) is 13.1 Å². The first kappa shape index (κ1) is 16.6. The van der Waals surface area contributed by atoms with Crippen LogP contribution in [0.4, 0.5) is 0 Å². The molecule has 2 aromatic rings. The summed E-state index contributed by atoms with van der Waals surface area (Å²) in [6.45, 7) is 2.22. The smallest absolute Gasteiger partial charge is 0.259 e. The van der Waals surface area contributed by atoms with Gasteiger partial charge in [-0.25, -0.2) is 4.98 Å². The summed E-state index contributed by atoms with van der Waals surface area (Å²) in [6, 6.07) is 0. The minimum absolute atomic E-state index is 0.0968. The molecule has 0 atom stereocenters. The Morgan fingerprint density at radius 2 is 2.04 bits per heavy atom. The second-order valence-corrected chi connectivity index (χ2v) is 6.97. The number of carbonyl (C=O) groups is 2. The Hall–Kier alpha value is -2.22. The maximum Gasteiger partial charge on any atom is 0.259 e. The third-order valence-corrected chi connectivity index (χ3v) is 5.22. The topological polar surface area (TPSA) is 104 Å². The Labute approximate surface area is 142 Å². The predicted molar refractivity (Wildman–Crippen MR) is 92.3 cm³/mol. The number of nitrogens with zero attached hydrogens (tertiary/aromatic N) is 1. The number of aromatic nitrogens is 2. The molecule has 3 rings (SSSR count). The highest BCUT2D eigenvalue weighted by atomic mass is 32.1. The van der Waals surface area contributed by atoms with Crippen molar-refractivity contribution in [3.8, 4) is 0 Å². The normalized spacial score (nSPS) is 13.0. The summed E-state index contributed by atoms with van der Waals surface area (Å²) >= 11 is 1.60. The molecule has 3 N–H and O–H groups in total. The molecule has 1 aliphatic rings. The van der Waals surface area contributed by atoms with Gasteiger partial charge in [0.2, 0.25) is 11.8 Å². The highest BCUT2D eigenvalue weighted by Gasteiger charge is 2.21. The highest BCUT2D eigenvalue weighted by Crippen LogP contribution is 2.34. The molecule has 0 saturated heterocycles. The lowest BCUT2D eigenvalue weighted by Gasteiger charge is -2.05. The Bertz CT molecular complexity index is 840. The first-order valence-corrected chi connectivity index (χ1v) is 8.91. The van der Waals surface area contributed by atoms with Crippen LogP contribution in [0, 0.1) is 0 Å². The summed E-state index contributed by atoms with van der Waals surface area (Å²) in [6.07, 6.45) is 3.73. The van der Waals surface area contributed by atoms with Crippen molar-refractivity contribution < 1.29 is 9.59 Å². The van der Waals surface area contributed by atoms with Crippen LogP contribution >= 0.6 is 11.3 Å². The molecule has 2 heterocycles. The minimum Gasteiger partial charge on any atom is -0.355 e. The molecule has 0 spiro atoms. The monoisotopic (exact) mass is 348 g/mol. The SMILES string of the molecule is CC(=O)NCCNC(=O)CCc1nc2sc3c(c2c(=O)[nH]1)CCC3. The Balaban J connectivity index is 1.59. The lowest BCUT2D eigenvalue weighted by atomic mass is 10.2. The van der Waals surface area contributed by atoms with E-state index in [-0.39, 0.29) is 23.8 Å². The van der Waals surface area contributed by atoms with Crippen LogP contribution in [-0.4, -0.2) is 34.9 Å². The van der Waals surface area contributed by atoms with E-state index in [4.69, 9.17) is 0 Å². The van der Waals surface area contributed by atoms with Gasteiger partial charge < -0.3 is 15.6 Å². The maximum atomic E-state index is 12.3. The van der Waals surface area contributed by atoms with Crippen molar-refractivity contribution in [1.82, 2.24) is 20.6 Å². The molecule has 0 bridgehead atoms. The van der Waals surface area contributed by atoms with Crippen molar-refractivity contribution in [3.63, 3.8) is 0 Å². The van der Waals surface area contributed by atoms with Crippen molar-refractivity contribution in [2.24, 2.45) is 0 Å². The fraction of sp³-hybridized carbons (Fsp3) is 0.500. The summed E-state index contributed by atoms with van der Waals surface area (Å²) in [5, 5.41) is 6.06. The van der Waals surface area contributed by atoms with Crippen molar-refractivity contribution in [1.29, 1.82) is 0 Å². The standard InChI is InChI=1S/C16H20N4O3S/c1-9(21)17-7-8-18-13(22)6-5-12-19-15(23)14-10-3-2-4-11(10)24-16(14)20-12/h2-8H2,1H3,(H,17,21)(H,18,22)(H,19,20,23). The minimum atomic E-state index is -0.128. The molecule has 8 heteroatoms. The fourth-order valence-electron chi connectivity index (χ4n) is 2.93. The van der Waals surface area contributed by atoms with E-state index in [2.05, 4.69) is 20.6 Å². The summed E-state index contributed by atoms with van der Waals surface area (Å²) in [5.41, 5.74) is 1.06. The molecule has 0 radical (unpaired) electrons. The van der Waals surface area contributed by atoms with Crippen molar-refractivity contribution in [3.05, 3.63) is 26.6 Å². The van der Waals surface area contributed by atoms with E-state index in [1.165, 1.54) is 11.8 Å². The van der Waals surface area contributed by atoms with E-state index in [0.717, 1.165) is 35.0 Å². The number of amides is 2. The number of rotatable bonds is 6. The largest absolute Gasteiger partial charge is 0.355 e. The number of hydrogen-bond acceptors (Lipinski definition) is 5. The van der Waals surface area contributed by atoms with Gasteiger partial charge in [0, 0.05) is 37.7 Å². The predicted octanol–water partition coefficient (Wildman–Crippen LogP) is 0.658. The van der Waals surface area contributed by atoms with E-state index in [0.29, 0.717) is 25.3 Å². The van der Waals surface area contributed by atoms with Gasteiger partial charge in [0.25, 0.3) is 5.56 Å². The molecule has 7 nitrogen and oxygen atoms in total. The van der Waals surface area contributed by atoms with Gasteiger partial charge in [-0.1, -0.05) is 0 Å². The first-order valence-electron chi connectivity index (χ1n) is 8.09. The average molecular weight is 348 g/mol. The molecule has 0 aromatic carbocycles. The van der Waals surface area contributed by atoms with Crippen LogP contribution in [0.1, 0.15) is 36.0 Å². The molecule has 0 saturated carbocycles. The Morgan fingerprint density at radius 1 is 1.25 bits per heavy atom. The molecule has 24 heavy (non-hydrogen) atoms. The average Bonchev–Trinajstić information content (AvgIpc) is 3.09. The van der Waals surface area contributed by atoms with E-state index in [9.17, 15) is 14.4 Å². The Kier molecular flexibility index (Phi) is 4.94. The second kappa shape index (κ2) is 7.12. The molecule has 128 valence electrons. The van der Waals surface area contributed by atoms with Gasteiger partial charge in [0.1, 0.15) is 10.7 Å². The van der Waals surface area contributed by atoms with Gasteiger partial charge in [0.15, 0.2) is 0 Å². The number of aryl methyl sites for hydroxylation is 3. The zero-order valence-electron chi connectivity index (χ0n) is 13.5. The van der Waals surface area contributed by atoms with E-state index >= 15 is 0 Å². The van der Waals surface area contributed by atoms with Crippen LogP contribution in [0.15, 0.2) is 4.79 Å². The van der Waals surface area contributed by atoms with E-state index in [1.54, 1.807) is 11.3 Å². The zero-order valence-corrected chi connectivity index (χ0v) is 14.3. The molecule has 0 fully saturated rings. The summed E-state index contributed by atoms with van der Waals surface area (Å²) < 4.78 is 0. The summed E-state index contributed by atoms with van der Waals surface area (Å²) in [4.78, 5) is 44.2. The maximum absolute atomic E-state index is 12.3. The van der Waals surface area contributed by atoms with Gasteiger partial charge in [-0.15, -0.1) is 11.3 Å². The van der Waals surface area contributed by atoms with Crippen molar-refractivity contribution >= 4 is 33.4 Å². The fourth-order valence-corrected chi connectivity index (χ4v) is 4.21. The molecule has 2 aromatic heterocycles. The summed E-state index contributed by atoms with van der Waals surface area (Å²) in [5.74, 6) is 0.295. The van der Waals surface area contributed by atoms with E-state index in [1.807, 2.05) is 0 Å². The van der Waals surface area contributed by atoms with Gasteiger partial charge in [-0.3, -0.25) is 14.4 Å². The number of nitrogens with one attached hydrogen (secondary N) is 3. The molecular formula is C16H20N4O3S.